The summed E-state index contributed by atoms with van der Waals surface area (Å²) >= 11 is 1.67. The highest BCUT2D eigenvalue weighted by molar-refractivity contribution is 7.09. The van der Waals surface area contributed by atoms with Crippen LogP contribution in [0.4, 0.5) is 0 Å². The number of carbonyl (C=O) groups excluding carboxylic acids is 2. The molecule has 0 spiro atoms. The molecule has 2 aromatic heterocycles. The van der Waals surface area contributed by atoms with Gasteiger partial charge in [-0.25, -0.2) is 4.98 Å². The van der Waals surface area contributed by atoms with Crippen molar-refractivity contribution < 1.29 is 14.3 Å². The summed E-state index contributed by atoms with van der Waals surface area (Å²) in [6.45, 7) is 7.59. The monoisotopic (exact) mass is 430 g/mol. The fourth-order valence-corrected chi connectivity index (χ4v) is 4.35. The number of aromatic nitrogens is 2. The Morgan fingerprint density at radius 2 is 2.13 bits per heavy atom. The number of aryl methyl sites for hydroxylation is 1. The Morgan fingerprint density at radius 3 is 2.77 bits per heavy atom. The summed E-state index contributed by atoms with van der Waals surface area (Å²) in [6, 6.07) is 3.82. The highest BCUT2D eigenvalue weighted by Gasteiger charge is 2.29. The molecule has 8 heteroatoms. The zero-order chi connectivity index (χ0) is 21.3. The van der Waals surface area contributed by atoms with Crippen LogP contribution in [-0.4, -0.2) is 57.9 Å². The van der Waals surface area contributed by atoms with Crippen molar-refractivity contribution in [1.29, 1.82) is 0 Å². The minimum absolute atomic E-state index is 0.0164. The Bertz CT molecular complexity index is 819. The molecular weight excluding hydrogens is 400 g/mol. The van der Waals surface area contributed by atoms with Gasteiger partial charge >= 0.3 is 5.97 Å². The number of pyridine rings is 1. The summed E-state index contributed by atoms with van der Waals surface area (Å²) in [5, 5.41) is 3.19. The van der Waals surface area contributed by atoms with Gasteiger partial charge in [0.15, 0.2) is 0 Å². The number of hydrogen-bond acceptors (Lipinski definition) is 7. The number of rotatable bonds is 9. The molecular formula is C22H30N4O3S. The van der Waals surface area contributed by atoms with Gasteiger partial charge in [-0.1, -0.05) is 6.07 Å². The van der Waals surface area contributed by atoms with E-state index in [0.717, 1.165) is 48.7 Å². The average Bonchev–Trinajstić information content (AvgIpc) is 3.16. The predicted molar refractivity (Wildman–Crippen MR) is 116 cm³/mol. The zero-order valence-electron chi connectivity index (χ0n) is 17.7. The SMILES string of the molecule is CCOC(=O)CCN(Cc1cccnc1)C(=O)C1CCN(Cc2csc(C)n2)CC1. The van der Waals surface area contributed by atoms with E-state index >= 15 is 0 Å². The van der Waals surface area contributed by atoms with Crippen LogP contribution in [-0.2, 0) is 27.4 Å². The Balaban J connectivity index is 1.57. The van der Waals surface area contributed by atoms with Gasteiger partial charge in [-0.15, -0.1) is 11.3 Å². The van der Waals surface area contributed by atoms with Crippen molar-refractivity contribution in [3.8, 4) is 0 Å². The fourth-order valence-electron chi connectivity index (χ4n) is 3.74. The topological polar surface area (TPSA) is 75.6 Å². The van der Waals surface area contributed by atoms with Crippen molar-refractivity contribution in [2.75, 3.05) is 26.2 Å². The molecule has 1 amide bonds. The minimum Gasteiger partial charge on any atom is -0.466 e. The number of esters is 1. The van der Waals surface area contributed by atoms with Crippen LogP contribution in [0.5, 0.6) is 0 Å². The van der Waals surface area contributed by atoms with Crippen LogP contribution in [0.3, 0.4) is 0 Å². The average molecular weight is 431 g/mol. The molecule has 3 rings (SSSR count). The van der Waals surface area contributed by atoms with E-state index in [2.05, 4.69) is 20.2 Å². The molecule has 0 unspecified atom stereocenters. The molecule has 7 nitrogen and oxygen atoms in total. The fraction of sp³-hybridized carbons (Fsp3) is 0.545. The Labute approximate surface area is 182 Å². The minimum atomic E-state index is -0.269. The molecule has 1 aliphatic rings. The second-order valence-corrected chi connectivity index (χ2v) is 8.65. The van der Waals surface area contributed by atoms with E-state index in [1.807, 2.05) is 19.1 Å². The number of piperidine rings is 1. The standard InChI is InChI=1S/C22H30N4O3S/c1-3-29-21(27)8-12-26(14-18-5-4-9-23-13-18)22(28)19-6-10-25(11-7-19)15-20-16-30-17(2)24-20/h4-5,9,13,16,19H,3,6-8,10-12,14-15H2,1-2H3. The van der Waals surface area contributed by atoms with E-state index in [1.165, 1.54) is 0 Å². The van der Waals surface area contributed by atoms with Crippen molar-refractivity contribution in [1.82, 2.24) is 19.8 Å². The van der Waals surface area contributed by atoms with Gasteiger partial charge in [-0.2, -0.15) is 0 Å². The van der Waals surface area contributed by atoms with Gasteiger partial charge in [0.2, 0.25) is 5.91 Å². The normalized spacial score (nSPS) is 15.1. The molecule has 0 bridgehead atoms. The summed E-state index contributed by atoms with van der Waals surface area (Å²) in [5.74, 6) is -0.167. The number of amides is 1. The Hall–Kier alpha value is -2.32. The van der Waals surface area contributed by atoms with E-state index in [1.54, 1.807) is 35.6 Å². The lowest BCUT2D eigenvalue weighted by molar-refractivity contribution is -0.145. The highest BCUT2D eigenvalue weighted by atomic mass is 32.1. The molecule has 3 heterocycles. The van der Waals surface area contributed by atoms with Crippen molar-refractivity contribution in [3.63, 3.8) is 0 Å². The molecule has 2 aromatic rings. The lowest BCUT2D eigenvalue weighted by atomic mass is 9.95. The van der Waals surface area contributed by atoms with E-state index in [0.29, 0.717) is 19.7 Å². The zero-order valence-corrected chi connectivity index (χ0v) is 18.6. The van der Waals surface area contributed by atoms with Crippen LogP contribution < -0.4 is 0 Å². The van der Waals surface area contributed by atoms with Gasteiger partial charge in [-0.3, -0.25) is 19.5 Å². The molecule has 0 aromatic carbocycles. The van der Waals surface area contributed by atoms with Crippen molar-refractivity contribution in [2.24, 2.45) is 5.92 Å². The van der Waals surface area contributed by atoms with Gasteiger partial charge in [0.1, 0.15) is 0 Å². The summed E-state index contributed by atoms with van der Waals surface area (Å²) in [7, 11) is 0. The molecule has 0 atom stereocenters. The van der Waals surface area contributed by atoms with Crippen LogP contribution >= 0.6 is 11.3 Å². The molecule has 30 heavy (non-hydrogen) atoms. The van der Waals surface area contributed by atoms with Crippen molar-refractivity contribution >= 4 is 23.2 Å². The summed E-state index contributed by atoms with van der Waals surface area (Å²) in [5.41, 5.74) is 2.07. The van der Waals surface area contributed by atoms with Gasteiger partial charge in [0.05, 0.1) is 23.7 Å². The molecule has 0 saturated carbocycles. The first-order chi connectivity index (χ1) is 14.5. The molecule has 1 saturated heterocycles. The van der Waals surface area contributed by atoms with E-state index in [4.69, 9.17) is 4.74 Å². The maximum Gasteiger partial charge on any atom is 0.307 e. The maximum absolute atomic E-state index is 13.3. The second kappa shape index (κ2) is 11.2. The number of nitrogens with zero attached hydrogens (tertiary/aromatic N) is 4. The van der Waals surface area contributed by atoms with Gasteiger partial charge in [0, 0.05) is 43.3 Å². The number of ether oxygens (including phenoxy) is 1. The molecule has 0 radical (unpaired) electrons. The highest BCUT2D eigenvalue weighted by Crippen LogP contribution is 2.23. The van der Waals surface area contributed by atoms with Crippen LogP contribution in [0, 0.1) is 12.8 Å². The van der Waals surface area contributed by atoms with E-state index in [9.17, 15) is 9.59 Å². The van der Waals surface area contributed by atoms with Crippen molar-refractivity contribution in [3.05, 3.63) is 46.2 Å². The first-order valence-corrected chi connectivity index (χ1v) is 11.4. The number of carbonyl (C=O) groups is 2. The number of thiazole rings is 1. The maximum atomic E-state index is 13.3. The Kier molecular flexibility index (Phi) is 8.33. The Morgan fingerprint density at radius 1 is 1.33 bits per heavy atom. The lowest BCUT2D eigenvalue weighted by Crippen LogP contribution is -2.42. The third kappa shape index (κ3) is 6.60. The lowest BCUT2D eigenvalue weighted by Gasteiger charge is -2.34. The van der Waals surface area contributed by atoms with Crippen LogP contribution in [0.2, 0.25) is 0 Å². The molecule has 0 aliphatic carbocycles. The third-order valence-electron chi connectivity index (χ3n) is 5.29. The van der Waals surface area contributed by atoms with Gasteiger partial charge < -0.3 is 9.64 Å². The quantitative estimate of drug-likeness (QED) is 0.569. The second-order valence-electron chi connectivity index (χ2n) is 7.58. The summed E-state index contributed by atoms with van der Waals surface area (Å²) in [4.78, 5) is 37.9. The molecule has 1 aliphatic heterocycles. The first kappa shape index (κ1) is 22.4. The first-order valence-electron chi connectivity index (χ1n) is 10.5. The largest absolute Gasteiger partial charge is 0.466 e. The van der Waals surface area contributed by atoms with Gasteiger partial charge in [0.25, 0.3) is 0 Å². The molecule has 1 fully saturated rings. The predicted octanol–water partition coefficient (Wildman–Crippen LogP) is 3.04. The van der Waals surface area contributed by atoms with Crippen LogP contribution in [0.15, 0.2) is 29.9 Å². The molecule has 162 valence electrons. The van der Waals surface area contributed by atoms with E-state index in [-0.39, 0.29) is 24.2 Å². The summed E-state index contributed by atoms with van der Waals surface area (Å²) < 4.78 is 5.04. The third-order valence-corrected chi connectivity index (χ3v) is 6.11. The van der Waals surface area contributed by atoms with Gasteiger partial charge in [-0.05, 0) is 51.4 Å². The smallest absolute Gasteiger partial charge is 0.307 e. The molecule has 0 N–H and O–H groups in total. The number of likely N-dealkylation sites (tertiary alicyclic amines) is 1. The van der Waals surface area contributed by atoms with Crippen molar-refractivity contribution in [2.45, 2.75) is 46.2 Å². The van der Waals surface area contributed by atoms with Crippen LogP contribution in [0.1, 0.15) is 42.5 Å². The summed E-state index contributed by atoms with van der Waals surface area (Å²) in [6.07, 6.45) is 5.34. The van der Waals surface area contributed by atoms with E-state index < -0.39 is 0 Å². The van der Waals surface area contributed by atoms with Crippen LogP contribution in [0.25, 0.3) is 0 Å². The number of hydrogen-bond donors (Lipinski definition) is 0.